The van der Waals surface area contributed by atoms with E-state index in [0.29, 0.717) is 5.47 Å². The molecule has 1 aromatic rings. The maximum atomic E-state index is 9.67. The molecule has 1 N–H and O–H groups in total. The van der Waals surface area contributed by atoms with Crippen LogP contribution in [0.15, 0.2) is 23.8 Å². The number of hydrogen-bond acceptors (Lipinski definition) is 5. The number of aliphatic hydroxyl groups excluding tert-OH is 1. The third-order valence-corrected chi connectivity index (χ3v) is 4.32. The summed E-state index contributed by atoms with van der Waals surface area (Å²) in [5.74, 6) is 0.887. The number of hydrogen-bond donors (Lipinski definition) is 1. The minimum atomic E-state index is -0.538. The van der Waals surface area contributed by atoms with Crippen molar-refractivity contribution in [3.05, 3.63) is 29.4 Å². The maximum absolute atomic E-state index is 9.67. The van der Waals surface area contributed by atoms with Crippen LogP contribution in [0.1, 0.15) is 33.3 Å². The van der Waals surface area contributed by atoms with E-state index in [9.17, 15) is 5.11 Å². The van der Waals surface area contributed by atoms with Gasteiger partial charge in [-0.2, -0.15) is 0 Å². The summed E-state index contributed by atoms with van der Waals surface area (Å²) in [4.78, 5) is 6.31. The van der Waals surface area contributed by atoms with E-state index in [0.717, 1.165) is 11.4 Å². The van der Waals surface area contributed by atoms with E-state index in [-0.39, 0.29) is 6.61 Å². The molecule has 2 rings (SSSR count). The summed E-state index contributed by atoms with van der Waals surface area (Å²) < 4.78 is 11.9. The molecule has 0 unspecified atom stereocenters. The molecule has 1 aliphatic heterocycles. The molecular formula is C16H25BN2O3. The van der Waals surface area contributed by atoms with Gasteiger partial charge in [-0.3, -0.25) is 0 Å². The van der Waals surface area contributed by atoms with Gasteiger partial charge in [-0.05, 0) is 50.9 Å². The number of anilines is 1. The van der Waals surface area contributed by atoms with Crippen molar-refractivity contribution in [2.75, 3.05) is 25.6 Å². The molecule has 0 aliphatic carbocycles. The van der Waals surface area contributed by atoms with Gasteiger partial charge >= 0.3 is 7.12 Å². The van der Waals surface area contributed by atoms with Crippen LogP contribution in [0.2, 0.25) is 0 Å². The van der Waals surface area contributed by atoms with Gasteiger partial charge in [0.25, 0.3) is 0 Å². The topological polar surface area (TPSA) is 54.8 Å². The molecule has 1 aromatic heterocycles. The molecule has 0 amide bonds. The highest BCUT2D eigenvalue weighted by atomic mass is 16.7. The summed E-state index contributed by atoms with van der Waals surface area (Å²) in [6, 6.07) is 3.90. The Kier molecular flexibility index (Phi) is 4.66. The molecule has 22 heavy (non-hydrogen) atoms. The summed E-state index contributed by atoms with van der Waals surface area (Å²) in [7, 11) is 3.35. The van der Waals surface area contributed by atoms with Crippen LogP contribution in [0.25, 0.3) is 6.08 Å². The SMILES string of the molecule is CN(C)c1ccc(C=C(CO)B2OC(C)(C)C(C)(C)O2)cn1. The Morgan fingerprint density at radius 2 is 1.82 bits per heavy atom. The summed E-state index contributed by atoms with van der Waals surface area (Å²) in [5, 5.41) is 9.67. The molecule has 0 saturated carbocycles. The van der Waals surface area contributed by atoms with E-state index in [2.05, 4.69) is 4.98 Å². The Morgan fingerprint density at radius 1 is 1.23 bits per heavy atom. The second kappa shape index (κ2) is 6.03. The molecule has 1 aliphatic rings. The van der Waals surface area contributed by atoms with E-state index in [1.165, 1.54) is 0 Å². The predicted octanol–water partition coefficient (Wildman–Crippen LogP) is 2.15. The van der Waals surface area contributed by atoms with Crippen molar-refractivity contribution < 1.29 is 14.4 Å². The first kappa shape index (κ1) is 17.0. The minimum Gasteiger partial charge on any atom is -0.400 e. The monoisotopic (exact) mass is 304 g/mol. The van der Waals surface area contributed by atoms with Gasteiger partial charge in [0.05, 0.1) is 17.8 Å². The van der Waals surface area contributed by atoms with E-state index in [1.807, 2.05) is 64.9 Å². The zero-order chi connectivity index (χ0) is 16.5. The lowest BCUT2D eigenvalue weighted by molar-refractivity contribution is 0.00578. The minimum absolute atomic E-state index is 0.119. The van der Waals surface area contributed by atoms with Crippen LogP contribution in [0.5, 0.6) is 0 Å². The number of nitrogens with zero attached hydrogens (tertiary/aromatic N) is 2. The highest BCUT2D eigenvalue weighted by molar-refractivity contribution is 6.55. The van der Waals surface area contributed by atoms with Crippen LogP contribution in [-0.4, -0.2) is 49.1 Å². The predicted molar refractivity (Wildman–Crippen MR) is 89.7 cm³/mol. The van der Waals surface area contributed by atoms with E-state index < -0.39 is 18.3 Å². The summed E-state index contributed by atoms with van der Waals surface area (Å²) in [6.45, 7) is 7.86. The molecule has 0 spiro atoms. The van der Waals surface area contributed by atoms with Gasteiger partial charge < -0.3 is 19.3 Å². The second-order valence-corrected chi connectivity index (χ2v) is 6.81. The van der Waals surface area contributed by atoms with Crippen LogP contribution in [0, 0.1) is 0 Å². The lowest BCUT2D eigenvalue weighted by Gasteiger charge is -2.32. The molecule has 0 radical (unpaired) electrons. The molecule has 0 atom stereocenters. The van der Waals surface area contributed by atoms with Gasteiger partial charge in [-0.15, -0.1) is 0 Å². The number of aliphatic hydroxyl groups is 1. The Balaban J connectivity index is 2.22. The number of rotatable bonds is 4. The zero-order valence-corrected chi connectivity index (χ0v) is 14.3. The average Bonchev–Trinajstić information content (AvgIpc) is 2.65. The fraction of sp³-hybridized carbons (Fsp3) is 0.562. The first-order chi connectivity index (χ1) is 10.2. The lowest BCUT2D eigenvalue weighted by atomic mass is 9.77. The number of aromatic nitrogens is 1. The molecule has 1 fully saturated rings. The van der Waals surface area contributed by atoms with Crippen molar-refractivity contribution in [3.8, 4) is 0 Å². The van der Waals surface area contributed by atoms with Crippen molar-refractivity contribution in [1.82, 2.24) is 4.98 Å². The fourth-order valence-electron chi connectivity index (χ4n) is 2.14. The largest absolute Gasteiger partial charge is 0.492 e. The molecule has 120 valence electrons. The van der Waals surface area contributed by atoms with Crippen LogP contribution >= 0.6 is 0 Å². The van der Waals surface area contributed by atoms with Crippen molar-refractivity contribution in [1.29, 1.82) is 0 Å². The Hall–Kier alpha value is -1.37. The van der Waals surface area contributed by atoms with Gasteiger partial charge in [-0.1, -0.05) is 6.08 Å². The summed E-state index contributed by atoms with van der Waals surface area (Å²) >= 11 is 0. The van der Waals surface area contributed by atoms with Gasteiger partial charge in [0, 0.05) is 20.3 Å². The first-order valence-electron chi connectivity index (χ1n) is 7.46. The number of pyridine rings is 1. The molecule has 0 aromatic carbocycles. The van der Waals surface area contributed by atoms with Gasteiger partial charge in [0.15, 0.2) is 0 Å². The van der Waals surface area contributed by atoms with Crippen molar-refractivity contribution in [2.45, 2.75) is 38.9 Å². The fourth-order valence-corrected chi connectivity index (χ4v) is 2.14. The highest BCUT2D eigenvalue weighted by Crippen LogP contribution is 2.38. The van der Waals surface area contributed by atoms with E-state index >= 15 is 0 Å². The van der Waals surface area contributed by atoms with Crippen molar-refractivity contribution >= 4 is 19.0 Å². The van der Waals surface area contributed by atoms with Crippen molar-refractivity contribution in [3.63, 3.8) is 0 Å². The Bertz CT molecular complexity index is 537. The van der Waals surface area contributed by atoms with Crippen LogP contribution in [0.4, 0.5) is 5.82 Å². The molecule has 1 saturated heterocycles. The second-order valence-electron chi connectivity index (χ2n) is 6.81. The quantitative estimate of drug-likeness (QED) is 0.864. The third kappa shape index (κ3) is 3.34. The zero-order valence-electron chi connectivity index (χ0n) is 14.3. The smallest absolute Gasteiger partial charge is 0.400 e. The standard InChI is InChI=1S/C16H25BN2O3/c1-15(2)16(3,4)22-17(21-15)13(11-20)9-12-7-8-14(18-10-12)19(5)6/h7-10,20H,11H2,1-6H3. The maximum Gasteiger partial charge on any atom is 0.492 e. The molecule has 2 heterocycles. The van der Waals surface area contributed by atoms with Gasteiger partial charge in [0.1, 0.15) is 5.82 Å². The Morgan fingerprint density at radius 3 is 2.23 bits per heavy atom. The van der Waals surface area contributed by atoms with Crippen LogP contribution in [0.3, 0.4) is 0 Å². The van der Waals surface area contributed by atoms with E-state index in [1.54, 1.807) is 6.20 Å². The molecular weight excluding hydrogens is 279 g/mol. The third-order valence-electron chi connectivity index (χ3n) is 4.32. The van der Waals surface area contributed by atoms with Crippen LogP contribution in [-0.2, 0) is 9.31 Å². The van der Waals surface area contributed by atoms with Crippen LogP contribution < -0.4 is 4.90 Å². The van der Waals surface area contributed by atoms with E-state index in [4.69, 9.17) is 9.31 Å². The summed E-state index contributed by atoms with van der Waals surface area (Å²) in [6.07, 6.45) is 3.64. The molecule has 5 nitrogen and oxygen atoms in total. The van der Waals surface area contributed by atoms with Gasteiger partial charge in [-0.25, -0.2) is 4.98 Å². The molecule has 6 heteroatoms. The molecule has 0 bridgehead atoms. The van der Waals surface area contributed by atoms with Crippen molar-refractivity contribution in [2.24, 2.45) is 0 Å². The lowest BCUT2D eigenvalue weighted by Crippen LogP contribution is -2.41. The average molecular weight is 304 g/mol. The Labute approximate surface area is 133 Å². The normalized spacial score (nSPS) is 20.3. The van der Waals surface area contributed by atoms with Gasteiger partial charge in [0.2, 0.25) is 0 Å². The first-order valence-corrected chi connectivity index (χ1v) is 7.46. The highest BCUT2D eigenvalue weighted by Gasteiger charge is 2.52. The summed E-state index contributed by atoms with van der Waals surface area (Å²) in [5.41, 5.74) is 0.764.